The number of amides is 1. The van der Waals surface area contributed by atoms with Gasteiger partial charge in [-0.05, 0) is 19.3 Å². The normalized spacial score (nSPS) is 15.4. The molecule has 7 heteroatoms. The zero-order valence-electron chi connectivity index (χ0n) is 12.2. The summed E-state index contributed by atoms with van der Waals surface area (Å²) in [6.07, 6.45) is 7.24. The lowest BCUT2D eigenvalue weighted by Crippen LogP contribution is -2.36. The molecule has 21 heavy (non-hydrogen) atoms. The van der Waals surface area contributed by atoms with Crippen LogP contribution in [0, 0.1) is 0 Å². The number of fused-ring (bicyclic) bond motifs is 1. The van der Waals surface area contributed by atoms with Crippen LogP contribution in [0.5, 0.6) is 0 Å². The van der Waals surface area contributed by atoms with E-state index in [-0.39, 0.29) is 5.91 Å². The average Bonchev–Trinajstić information content (AvgIpc) is 2.91. The van der Waals surface area contributed by atoms with Gasteiger partial charge in [-0.3, -0.25) is 9.48 Å². The Morgan fingerprint density at radius 3 is 2.90 bits per heavy atom. The van der Waals surface area contributed by atoms with E-state index in [1.165, 1.54) is 12.7 Å². The molecular formula is C14H20N6O. The zero-order chi connectivity index (χ0) is 14.7. The van der Waals surface area contributed by atoms with Crippen LogP contribution < -0.4 is 5.32 Å². The van der Waals surface area contributed by atoms with Gasteiger partial charge in [0.1, 0.15) is 12.1 Å². The van der Waals surface area contributed by atoms with Crippen molar-refractivity contribution in [3.8, 4) is 0 Å². The summed E-state index contributed by atoms with van der Waals surface area (Å²) in [7, 11) is 1.85. The van der Waals surface area contributed by atoms with E-state index in [0.717, 1.165) is 42.8 Å². The van der Waals surface area contributed by atoms with E-state index in [2.05, 4.69) is 20.4 Å². The molecule has 0 unspecified atom stereocenters. The number of aromatic nitrogens is 4. The molecule has 112 valence electrons. The van der Waals surface area contributed by atoms with Gasteiger partial charge in [0.25, 0.3) is 0 Å². The summed E-state index contributed by atoms with van der Waals surface area (Å²) in [5.74, 6) is 0.957. The first kappa shape index (κ1) is 13.8. The van der Waals surface area contributed by atoms with Crippen LogP contribution >= 0.6 is 0 Å². The van der Waals surface area contributed by atoms with Crippen molar-refractivity contribution >= 4 is 22.8 Å². The van der Waals surface area contributed by atoms with Crippen molar-refractivity contribution < 1.29 is 4.79 Å². The predicted molar refractivity (Wildman–Crippen MR) is 79.8 cm³/mol. The molecule has 2 aromatic rings. The lowest BCUT2D eigenvalue weighted by Gasteiger charge is -2.26. The minimum atomic E-state index is 0.221. The number of nitrogens with one attached hydrogen (secondary N) is 1. The highest BCUT2D eigenvalue weighted by Crippen LogP contribution is 2.17. The van der Waals surface area contributed by atoms with Crippen molar-refractivity contribution in [2.45, 2.75) is 25.7 Å². The Morgan fingerprint density at radius 2 is 2.10 bits per heavy atom. The Kier molecular flexibility index (Phi) is 3.98. The quantitative estimate of drug-likeness (QED) is 0.914. The van der Waals surface area contributed by atoms with Gasteiger partial charge >= 0.3 is 0 Å². The van der Waals surface area contributed by atoms with Crippen LogP contribution in [0.3, 0.4) is 0 Å². The van der Waals surface area contributed by atoms with E-state index in [1.807, 2.05) is 11.9 Å². The van der Waals surface area contributed by atoms with Crippen molar-refractivity contribution in [2.24, 2.45) is 7.05 Å². The second-order valence-corrected chi connectivity index (χ2v) is 5.35. The first-order valence-corrected chi connectivity index (χ1v) is 7.40. The van der Waals surface area contributed by atoms with Gasteiger partial charge in [0.15, 0.2) is 5.65 Å². The third-order valence-electron chi connectivity index (χ3n) is 3.87. The number of rotatable bonds is 4. The number of carbonyl (C=O) groups is 1. The highest BCUT2D eigenvalue weighted by molar-refractivity contribution is 5.86. The monoisotopic (exact) mass is 288 g/mol. The molecule has 1 aliphatic rings. The Morgan fingerprint density at radius 1 is 1.29 bits per heavy atom. The summed E-state index contributed by atoms with van der Waals surface area (Å²) >= 11 is 0. The van der Waals surface area contributed by atoms with Crippen LogP contribution in [0.1, 0.15) is 25.7 Å². The van der Waals surface area contributed by atoms with Crippen LogP contribution in [0.25, 0.3) is 11.0 Å². The molecule has 1 aliphatic heterocycles. The second-order valence-electron chi connectivity index (χ2n) is 5.35. The summed E-state index contributed by atoms with van der Waals surface area (Å²) in [5.41, 5.74) is 0.787. The van der Waals surface area contributed by atoms with Gasteiger partial charge in [0.05, 0.1) is 11.6 Å². The second kappa shape index (κ2) is 6.07. The smallest absolute Gasteiger partial charge is 0.224 e. The van der Waals surface area contributed by atoms with E-state index < -0.39 is 0 Å². The molecule has 1 amide bonds. The van der Waals surface area contributed by atoms with E-state index in [0.29, 0.717) is 13.0 Å². The molecule has 3 heterocycles. The molecule has 3 rings (SSSR count). The van der Waals surface area contributed by atoms with Crippen LogP contribution in [-0.4, -0.2) is 50.2 Å². The Bertz CT molecular complexity index is 631. The first-order valence-electron chi connectivity index (χ1n) is 7.40. The first-order chi connectivity index (χ1) is 10.3. The highest BCUT2D eigenvalue weighted by Gasteiger charge is 2.16. The van der Waals surface area contributed by atoms with Crippen LogP contribution in [0.4, 0.5) is 5.82 Å². The highest BCUT2D eigenvalue weighted by atomic mass is 16.2. The molecule has 0 aliphatic carbocycles. The molecular weight excluding hydrogens is 268 g/mol. The molecule has 1 N–H and O–H groups in total. The summed E-state index contributed by atoms with van der Waals surface area (Å²) < 4.78 is 1.71. The molecule has 1 saturated heterocycles. The molecule has 0 spiro atoms. The van der Waals surface area contributed by atoms with E-state index in [1.54, 1.807) is 10.9 Å². The Hall–Kier alpha value is -2.18. The molecule has 0 atom stereocenters. The fraction of sp³-hybridized carbons (Fsp3) is 0.571. The van der Waals surface area contributed by atoms with Gasteiger partial charge in [0, 0.05) is 33.1 Å². The van der Waals surface area contributed by atoms with E-state index in [9.17, 15) is 4.79 Å². The molecule has 0 radical (unpaired) electrons. The van der Waals surface area contributed by atoms with Gasteiger partial charge in [-0.15, -0.1) is 0 Å². The number of hydrogen-bond acceptors (Lipinski definition) is 5. The van der Waals surface area contributed by atoms with Gasteiger partial charge in [0.2, 0.25) is 5.91 Å². The largest absolute Gasteiger partial charge is 0.369 e. The topological polar surface area (TPSA) is 75.9 Å². The number of carbonyl (C=O) groups excluding carboxylic acids is 1. The fourth-order valence-corrected chi connectivity index (χ4v) is 2.69. The maximum absolute atomic E-state index is 12.1. The third-order valence-corrected chi connectivity index (χ3v) is 3.87. The molecule has 7 nitrogen and oxygen atoms in total. The average molecular weight is 288 g/mol. The fourth-order valence-electron chi connectivity index (χ4n) is 2.69. The van der Waals surface area contributed by atoms with Crippen LogP contribution in [0.2, 0.25) is 0 Å². The number of piperidine rings is 1. The minimum Gasteiger partial charge on any atom is -0.369 e. The number of anilines is 1. The molecule has 2 aromatic heterocycles. The van der Waals surface area contributed by atoms with Gasteiger partial charge in [-0.2, -0.15) is 5.10 Å². The predicted octanol–water partition coefficient (Wildman–Crippen LogP) is 1.18. The Labute approximate surface area is 123 Å². The van der Waals surface area contributed by atoms with Crippen molar-refractivity contribution in [3.63, 3.8) is 0 Å². The standard InChI is InChI=1S/C14H20N6O/c1-19-14-11(9-18-19)13(16-10-17-14)15-6-5-12(21)20-7-3-2-4-8-20/h9-10H,2-8H2,1H3,(H,15,16,17). The van der Waals surface area contributed by atoms with Crippen LogP contribution in [0.15, 0.2) is 12.5 Å². The van der Waals surface area contributed by atoms with E-state index in [4.69, 9.17) is 0 Å². The summed E-state index contributed by atoms with van der Waals surface area (Å²) in [5, 5.41) is 8.27. The van der Waals surface area contributed by atoms with Crippen molar-refractivity contribution in [3.05, 3.63) is 12.5 Å². The number of nitrogens with zero attached hydrogens (tertiary/aromatic N) is 5. The molecule has 0 saturated carbocycles. The lowest BCUT2D eigenvalue weighted by molar-refractivity contribution is -0.131. The SMILES string of the molecule is Cn1ncc2c(NCCC(=O)N3CCCCC3)ncnc21. The summed E-state index contributed by atoms with van der Waals surface area (Å²) in [6, 6.07) is 0. The maximum Gasteiger partial charge on any atom is 0.224 e. The Balaban J connectivity index is 1.58. The van der Waals surface area contributed by atoms with Gasteiger partial charge < -0.3 is 10.2 Å². The molecule has 1 fully saturated rings. The molecule has 0 bridgehead atoms. The number of hydrogen-bond donors (Lipinski definition) is 1. The van der Waals surface area contributed by atoms with Crippen LogP contribution in [-0.2, 0) is 11.8 Å². The third kappa shape index (κ3) is 2.96. The minimum absolute atomic E-state index is 0.221. The lowest BCUT2D eigenvalue weighted by atomic mass is 10.1. The zero-order valence-corrected chi connectivity index (χ0v) is 12.2. The van der Waals surface area contributed by atoms with Gasteiger partial charge in [-0.25, -0.2) is 9.97 Å². The van der Waals surface area contributed by atoms with Crippen molar-refractivity contribution in [1.82, 2.24) is 24.6 Å². The van der Waals surface area contributed by atoms with Gasteiger partial charge in [-0.1, -0.05) is 0 Å². The maximum atomic E-state index is 12.1. The van der Waals surface area contributed by atoms with Crippen molar-refractivity contribution in [2.75, 3.05) is 25.0 Å². The number of likely N-dealkylation sites (tertiary alicyclic amines) is 1. The van der Waals surface area contributed by atoms with Crippen molar-refractivity contribution in [1.29, 1.82) is 0 Å². The molecule has 0 aromatic carbocycles. The summed E-state index contributed by atoms with van der Waals surface area (Å²) in [6.45, 7) is 2.38. The summed E-state index contributed by atoms with van der Waals surface area (Å²) in [4.78, 5) is 22.5. The number of aryl methyl sites for hydroxylation is 1. The van der Waals surface area contributed by atoms with E-state index >= 15 is 0 Å².